The summed E-state index contributed by atoms with van der Waals surface area (Å²) in [5, 5.41) is 0.865. The third kappa shape index (κ3) is 4.13. The summed E-state index contributed by atoms with van der Waals surface area (Å²) in [7, 11) is 1.66. The summed E-state index contributed by atoms with van der Waals surface area (Å²) >= 11 is 1.38. The van der Waals surface area contributed by atoms with Crippen LogP contribution in [0.15, 0.2) is 60.9 Å². The van der Waals surface area contributed by atoms with E-state index in [4.69, 9.17) is 4.74 Å². The number of hydrazine groups is 1. The van der Waals surface area contributed by atoms with E-state index in [9.17, 15) is 4.79 Å². The van der Waals surface area contributed by atoms with Gasteiger partial charge in [-0.25, -0.2) is 5.43 Å². The van der Waals surface area contributed by atoms with Crippen LogP contribution in [-0.4, -0.2) is 17.9 Å². The Labute approximate surface area is 173 Å². The molecule has 5 nitrogen and oxygen atoms in total. The monoisotopic (exact) mass is 403 g/mol. The molecule has 0 aliphatic rings. The maximum absolute atomic E-state index is 12.1. The number of nitrogens with zero attached hydrogens (tertiary/aromatic N) is 1. The molecule has 6 heteroatoms. The maximum atomic E-state index is 12.1. The molecule has 4 aromatic rings. The van der Waals surface area contributed by atoms with Crippen molar-refractivity contribution in [1.82, 2.24) is 15.8 Å². The summed E-state index contributed by atoms with van der Waals surface area (Å²) in [6.45, 7) is 4.21. The highest BCUT2D eigenvalue weighted by atomic mass is 32.1. The van der Waals surface area contributed by atoms with Crippen LogP contribution in [0.3, 0.4) is 0 Å². The predicted octanol–water partition coefficient (Wildman–Crippen LogP) is 5.24. The van der Waals surface area contributed by atoms with Gasteiger partial charge in [-0.1, -0.05) is 41.5 Å². The summed E-state index contributed by atoms with van der Waals surface area (Å²) in [5.41, 5.74) is 10.1. The first-order valence-electron chi connectivity index (χ1n) is 9.25. The molecule has 2 N–H and O–H groups in total. The molecule has 0 bridgehead atoms. The van der Waals surface area contributed by atoms with Gasteiger partial charge in [0.15, 0.2) is 5.75 Å². The molecule has 2 aromatic carbocycles. The van der Waals surface area contributed by atoms with E-state index >= 15 is 0 Å². The molecule has 0 spiro atoms. The molecule has 0 atom stereocenters. The van der Waals surface area contributed by atoms with Gasteiger partial charge in [0.05, 0.1) is 15.8 Å². The third-order valence-corrected chi connectivity index (χ3v) is 5.58. The average molecular weight is 404 g/mol. The second-order valence-corrected chi connectivity index (χ2v) is 7.95. The molecule has 0 unspecified atom stereocenters. The molecule has 146 valence electrons. The number of rotatable bonds is 5. The van der Waals surface area contributed by atoms with Crippen LogP contribution in [0.25, 0.3) is 21.2 Å². The molecule has 2 aromatic heterocycles. The van der Waals surface area contributed by atoms with E-state index in [-0.39, 0.29) is 5.91 Å². The number of pyridine rings is 1. The lowest BCUT2D eigenvalue weighted by Gasteiger charge is -2.09. The normalized spacial score (nSPS) is 10.9. The molecule has 0 aliphatic heterocycles. The molecule has 4 rings (SSSR count). The summed E-state index contributed by atoms with van der Waals surface area (Å²) in [5.74, 6) is 1.17. The minimum absolute atomic E-state index is 0.183. The van der Waals surface area contributed by atoms with Crippen LogP contribution in [0, 0.1) is 13.8 Å². The summed E-state index contributed by atoms with van der Waals surface area (Å²) in [4.78, 5) is 16.9. The topological polar surface area (TPSA) is 63.2 Å². The lowest BCUT2D eigenvalue weighted by Crippen LogP contribution is -2.33. The molecule has 0 saturated heterocycles. The van der Waals surface area contributed by atoms with Crippen molar-refractivity contribution in [2.75, 3.05) is 7.05 Å². The van der Waals surface area contributed by atoms with E-state index < -0.39 is 0 Å². The van der Waals surface area contributed by atoms with Crippen LogP contribution in [0.2, 0.25) is 0 Å². The predicted molar refractivity (Wildman–Crippen MR) is 118 cm³/mol. The molecule has 0 radical (unpaired) electrons. The standard InChI is InChI=1S/C23H21N3O2S/c1-14-8-15(2)10-17(9-14)16-4-6-18(7-5-16)28-20-12-25-13-22-19(20)11-21(29-22)23(27)26-24-3/h4-13,24H,1-3H3,(H,26,27). The number of thiophene rings is 1. The van der Waals surface area contributed by atoms with Gasteiger partial charge in [0.2, 0.25) is 0 Å². The summed E-state index contributed by atoms with van der Waals surface area (Å²) in [6, 6.07) is 16.4. The Bertz CT molecular complexity index is 1160. The number of hydrogen-bond acceptors (Lipinski definition) is 5. The second-order valence-electron chi connectivity index (χ2n) is 6.87. The van der Waals surface area contributed by atoms with Crippen LogP contribution in [0.4, 0.5) is 0 Å². The molecular formula is C23H21N3O2S. The van der Waals surface area contributed by atoms with E-state index in [0.29, 0.717) is 10.6 Å². The van der Waals surface area contributed by atoms with Crippen molar-refractivity contribution in [2.45, 2.75) is 13.8 Å². The van der Waals surface area contributed by atoms with Crippen molar-refractivity contribution in [1.29, 1.82) is 0 Å². The third-order valence-electron chi connectivity index (χ3n) is 4.51. The van der Waals surface area contributed by atoms with Gasteiger partial charge >= 0.3 is 0 Å². The Morgan fingerprint density at radius 2 is 1.69 bits per heavy atom. The van der Waals surface area contributed by atoms with Gasteiger partial charge in [0.25, 0.3) is 5.91 Å². The van der Waals surface area contributed by atoms with Crippen LogP contribution >= 0.6 is 11.3 Å². The van der Waals surface area contributed by atoms with Gasteiger partial charge < -0.3 is 4.74 Å². The Balaban J connectivity index is 1.60. The van der Waals surface area contributed by atoms with Gasteiger partial charge in [-0.2, -0.15) is 0 Å². The van der Waals surface area contributed by atoms with Crippen LogP contribution < -0.4 is 15.6 Å². The zero-order valence-corrected chi connectivity index (χ0v) is 17.3. The van der Waals surface area contributed by atoms with E-state index in [1.807, 2.05) is 18.2 Å². The highest BCUT2D eigenvalue weighted by molar-refractivity contribution is 7.20. The number of ether oxygens (including phenoxy) is 1. The first kappa shape index (κ1) is 19.1. The van der Waals surface area contributed by atoms with Crippen molar-refractivity contribution >= 4 is 27.3 Å². The Hall–Kier alpha value is -3.22. The number of nitrogens with one attached hydrogen (secondary N) is 2. The van der Waals surface area contributed by atoms with E-state index in [0.717, 1.165) is 21.4 Å². The number of aromatic nitrogens is 1. The van der Waals surface area contributed by atoms with E-state index in [2.05, 4.69) is 60.0 Å². The molecule has 2 heterocycles. The number of aryl methyl sites for hydroxylation is 2. The van der Waals surface area contributed by atoms with Crippen molar-refractivity contribution in [3.63, 3.8) is 0 Å². The van der Waals surface area contributed by atoms with Crippen LogP contribution in [0.5, 0.6) is 11.5 Å². The second kappa shape index (κ2) is 8.03. The lowest BCUT2D eigenvalue weighted by molar-refractivity contribution is 0.0942. The summed E-state index contributed by atoms with van der Waals surface area (Å²) < 4.78 is 6.98. The fourth-order valence-electron chi connectivity index (χ4n) is 3.29. The highest BCUT2D eigenvalue weighted by Gasteiger charge is 2.13. The molecule has 0 fully saturated rings. The zero-order valence-electron chi connectivity index (χ0n) is 16.4. The molecular weight excluding hydrogens is 382 g/mol. The Morgan fingerprint density at radius 1 is 0.966 bits per heavy atom. The van der Waals surface area contributed by atoms with Gasteiger partial charge in [-0.3, -0.25) is 15.2 Å². The molecule has 0 saturated carbocycles. The van der Waals surface area contributed by atoms with Gasteiger partial charge in [0.1, 0.15) is 5.75 Å². The number of benzene rings is 2. The zero-order chi connectivity index (χ0) is 20.4. The molecule has 0 aliphatic carbocycles. The quantitative estimate of drug-likeness (QED) is 0.448. The number of hydrogen-bond donors (Lipinski definition) is 2. The fraction of sp³-hybridized carbons (Fsp3) is 0.130. The van der Waals surface area contributed by atoms with Gasteiger partial charge in [-0.15, -0.1) is 11.3 Å². The molecule has 29 heavy (non-hydrogen) atoms. The van der Waals surface area contributed by atoms with Crippen molar-refractivity contribution in [2.24, 2.45) is 0 Å². The Morgan fingerprint density at radius 3 is 2.38 bits per heavy atom. The molecule has 1 amide bonds. The van der Waals surface area contributed by atoms with E-state index in [1.54, 1.807) is 19.4 Å². The number of amides is 1. The van der Waals surface area contributed by atoms with Gasteiger partial charge in [0, 0.05) is 18.6 Å². The lowest BCUT2D eigenvalue weighted by atomic mass is 10.0. The van der Waals surface area contributed by atoms with Gasteiger partial charge in [-0.05, 0) is 43.2 Å². The first-order chi connectivity index (χ1) is 14.0. The van der Waals surface area contributed by atoms with E-state index in [1.165, 1.54) is 28.0 Å². The smallest absolute Gasteiger partial charge is 0.275 e. The van der Waals surface area contributed by atoms with Crippen molar-refractivity contribution < 1.29 is 9.53 Å². The number of carbonyl (C=O) groups is 1. The fourth-order valence-corrected chi connectivity index (χ4v) is 4.23. The largest absolute Gasteiger partial charge is 0.455 e. The minimum Gasteiger partial charge on any atom is -0.455 e. The Kier molecular flexibility index (Phi) is 5.29. The van der Waals surface area contributed by atoms with Crippen LogP contribution in [-0.2, 0) is 0 Å². The minimum atomic E-state index is -0.183. The first-order valence-corrected chi connectivity index (χ1v) is 10.1. The SMILES string of the molecule is CNNC(=O)c1cc2c(Oc3ccc(-c4cc(C)cc(C)c4)cc3)cncc2s1. The number of fused-ring (bicyclic) bond motifs is 1. The number of carbonyl (C=O) groups excluding carboxylic acids is 1. The van der Waals surface area contributed by atoms with Crippen LogP contribution in [0.1, 0.15) is 20.8 Å². The van der Waals surface area contributed by atoms with Crippen molar-refractivity contribution in [3.8, 4) is 22.6 Å². The maximum Gasteiger partial charge on any atom is 0.275 e. The highest BCUT2D eigenvalue weighted by Crippen LogP contribution is 2.35. The average Bonchev–Trinajstić information content (AvgIpc) is 3.14. The van der Waals surface area contributed by atoms with Crippen molar-refractivity contribution in [3.05, 3.63) is 76.9 Å². The summed E-state index contributed by atoms with van der Waals surface area (Å²) in [6.07, 6.45) is 3.42.